The smallest absolute Gasteiger partial charge is 0.335 e. The second-order valence-electron chi connectivity index (χ2n) is 12.9. The van der Waals surface area contributed by atoms with Crippen molar-refractivity contribution in [1.82, 2.24) is 24.0 Å². The Morgan fingerprint density at radius 2 is 2.02 bits per heavy atom. The van der Waals surface area contributed by atoms with Crippen LogP contribution in [0.4, 0.5) is 4.39 Å². The SMILES string of the molecule is CCn1cncc1Cn1c(CN2CCC3(c4cccc5c4OC(C)(c4ccc(C#N)cc4F)O5)CC3C2)nc2ccc(C(=O)O)cc21. The summed E-state index contributed by atoms with van der Waals surface area (Å²) in [6, 6.07) is 17.3. The number of aromatic nitrogens is 4. The van der Waals surface area contributed by atoms with Crippen molar-refractivity contribution in [3.05, 3.63) is 107 Å². The van der Waals surface area contributed by atoms with Gasteiger partial charge in [0, 0.05) is 37.2 Å². The second-order valence-corrected chi connectivity index (χ2v) is 12.9. The number of carboxylic acids is 1. The molecule has 3 unspecified atom stereocenters. The molecule has 238 valence electrons. The number of aromatic carboxylic acids is 1. The molecular weight excluding hydrogens is 599 g/mol. The molecule has 1 N–H and O–H groups in total. The normalized spacial score (nSPS) is 23.1. The van der Waals surface area contributed by atoms with Gasteiger partial charge in [0.05, 0.1) is 58.9 Å². The van der Waals surface area contributed by atoms with Gasteiger partial charge in [0.1, 0.15) is 11.6 Å². The number of carboxylic acid groups (broad SMARTS) is 1. The van der Waals surface area contributed by atoms with Gasteiger partial charge in [-0.05, 0) is 74.7 Å². The van der Waals surface area contributed by atoms with E-state index in [1.807, 2.05) is 30.7 Å². The number of nitriles is 1. The van der Waals surface area contributed by atoms with Gasteiger partial charge < -0.3 is 23.7 Å². The topological polar surface area (TPSA) is 118 Å². The first-order valence-electron chi connectivity index (χ1n) is 15.9. The molecule has 1 saturated heterocycles. The number of carbonyl (C=O) groups is 1. The van der Waals surface area contributed by atoms with Gasteiger partial charge in [-0.25, -0.2) is 19.2 Å². The highest BCUT2D eigenvalue weighted by atomic mass is 19.1. The number of hydrogen-bond donors (Lipinski definition) is 1. The van der Waals surface area contributed by atoms with E-state index in [9.17, 15) is 15.2 Å². The third-order valence-corrected chi connectivity index (χ3v) is 10.2. The van der Waals surface area contributed by atoms with E-state index in [2.05, 4.69) is 32.0 Å². The van der Waals surface area contributed by atoms with Crippen LogP contribution in [0, 0.1) is 23.1 Å². The summed E-state index contributed by atoms with van der Waals surface area (Å²) in [6.07, 6.45) is 5.60. The van der Waals surface area contributed by atoms with Gasteiger partial charge >= 0.3 is 5.97 Å². The molecule has 8 rings (SSSR count). The van der Waals surface area contributed by atoms with Gasteiger partial charge in [-0.1, -0.05) is 12.1 Å². The van der Waals surface area contributed by atoms with Crippen molar-refractivity contribution in [2.24, 2.45) is 5.92 Å². The van der Waals surface area contributed by atoms with Gasteiger partial charge in [-0.3, -0.25) is 4.90 Å². The zero-order chi connectivity index (χ0) is 32.5. The Kier molecular flexibility index (Phi) is 6.63. The maximum absolute atomic E-state index is 15.1. The molecule has 0 amide bonds. The van der Waals surface area contributed by atoms with E-state index in [-0.39, 0.29) is 22.1 Å². The lowest BCUT2D eigenvalue weighted by molar-refractivity contribution is -0.0712. The number of benzene rings is 3. The largest absolute Gasteiger partial charge is 0.478 e. The number of likely N-dealkylation sites (tertiary alicyclic amines) is 1. The third kappa shape index (κ3) is 4.74. The van der Waals surface area contributed by atoms with E-state index in [1.165, 1.54) is 6.07 Å². The van der Waals surface area contributed by atoms with E-state index >= 15 is 4.39 Å². The van der Waals surface area contributed by atoms with Crippen molar-refractivity contribution in [1.29, 1.82) is 5.26 Å². The van der Waals surface area contributed by atoms with Gasteiger partial charge in [0.2, 0.25) is 0 Å². The predicted molar refractivity (Wildman–Crippen MR) is 170 cm³/mol. The monoisotopic (exact) mass is 632 g/mol. The number of halogens is 1. The summed E-state index contributed by atoms with van der Waals surface area (Å²) in [5.74, 6) is -0.299. The molecule has 1 saturated carbocycles. The molecule has 5 aromatic rings. The highest BCUT2D eigenvalue weighted by Gasteiger charge is 2.60. The molecule has 2 aromatic heterocycles. The maximum Gasteiger partial charge on any atom is 0.335 e. The summed E-state index contributed by atoms with van der Waals surface area (Å²) >= 11 is 0. The van der Waals surface area contributed by atoms with Crippen LogP contribution in [0.2, 0.25) is 0 Å². The highest BCUT2D eigenvalue weighted by molar-refractivity contribution is 5.92. The molecule has 11 heteroatoms. The Bertz CT molecular complexity index is 2120. The van der Waals surface area contributed by atoms with Crippen LogP contribution in [-0.4, -0.2) is 48.2 Å². The number of imidazole rings is 2. The third-order valence-electron chi connectivity index (χ3n) is 10.2. The summed E-state index contributed by atoms with van der Waals surface area (Å²) in [7, 11) is 0. The molecule has 0 spiro atoms. The summed E-state index contributed by atoms with van der Waals surface area (Å²) in [5.41, 5.74) is 4.35. The van der Waals surface area contributed by atoms with Crippen LogP contribution in [0.1, 0.15) is 65.3 Å². The minimum absolute atomic E-state index is 0.0518. The molecule has 3 aromatic carbocycles. The Hall–Kier alpha value is -5.21. The number of fused-ring (bicyclic) bond motifs is 3. The quantitative estimate of drug-likeness (QED) is 0.228. The van der Waals surface area contributed by atoms with Crippen LogP contribution in [0.25, 0.3) is 11.0 Å². The molecular formula is C36H33FN6O4. The number of rotatable bonds is 8. The summed E-state index contributed by atoms with van der Waals surface area (Å²) in [5, 5.41) is 18.8. The average Bonchev–Trinajstić information content (AvgIpc) is 3.29. The fourth-order valence-electron chi connectivity index (χ4n) is 7.61. The van der Waals surface area contributed by atoms with E-state index in [0.717, 1.165) is 60.6 Å². The van der Waals surface area contributed by atoms with Crippen molar-refractivity contribution in [2.45, 2.75) is 57.5 Å². The predicted octanol–water partition coefficient (Wildman–Crippen LogP) is 5.82. The number of nitrogens with zero attached hydrogens (tertiary/aromatic N) is 6. The van der Waals surface area contributed by atoms with Crippen LogP contribution in [0.3, 0.4) is 0 Å². The van der Waals surface area contributed by atoms with E-state index < -0.39 is 17.6 Å². The van der Waals surface area contributed by atoms with Crippen LogP contribution in [-0.2, 0) is 30.8 Å². The van der Waals surface area contributed by atoms with Crippen LogP contribution >= 0.6 is 0 Å². The molecule has 3 aliphatic rings. The summed E-state index contributed by atoms with van der Waals surface area (Å²) in [6.45, 7) is 7.46. The second kappa shape index (κ2) is 10.7. The number of ether oxygens (including phenoxy) is 2. The molecule has 2 aliphatic heterocycles. The van der Waals surface area contributed by atoms with Crippen molar-refractivity contribution < 1.29 is 23.8 Å². The molecule has 10 nitrogen and oxygen atoms in total. The molecule has 1 aliphatic carbocycles. The molecule has 3 atom stereocenters. The van der Waals surface area contributed by atoms with Crippen LogP contribution in [0.5, 0.6) is 11.5 Å². The zero-order valence-electron chi connectivity index (χ0n) is 26.1. The molecule has 47 heavy (non-hydrogen) atoms. The lowest BCUT2D eigenvalue weighted by Gasteiger charge is -2.32. The maximum atomic E-state index is 15.1. The Balaban J connectivity index is 1.04. The van der Waals surface area contributed by atoms with Crippen molar-refractivity contribution in [3.8, 4) is 17.6 Å². The molecule has 2 fully saturated rings. The summed E-state index contributed by atoms with van der Waals surface area (Å²) in [4.78, 5) is 23.6. The van der Waals surface area contributed by atoms with E-state index in [0.29, 0.717) is 30.5 Å². The minimum atomic E-state index is -1.34. The Morgan fingerprint density at radius 1 is 1.15 bits per heavy atom. The number of para-hydroxylation sites is 1. The Morgan fingerprint density at radius 3 is 2.79 bits per heavy atom. The standard InChI is InChI=1S/C36H33FN6O4/c1-3-42-21-39-17-25(42)19-43-30-14-23(34(44)45)8-10-29(30)40-32(43)20-41-12-11-36(15-24(36)18-41)27-5-4-6-31-33(27)47-35(2,46-31)26-9-7-22(16-38)13-28(26)37/h4-10,13-14,17,21,24H,3,11-12,15,18-20H2,1-2H3,(H,44,45). The van der Waals surface area contributed by atoms with E-state index in [4.69, 9.17) is 14.5 Å². The van der Waals surface area contributed by atoms with Crippen molar-refractivity contribution >= 4 is 17.0 Å². The number of piperidine rings is 1. The molecule has 0 bridgehead atoms. The minimum Gasteiger partial charge on any atom is -0.478 e. The van der Waals surface area contributed by atoms with Crippen molar-refractivity contribution in [2.75, 3.05) is 13.1 Å². The first-order valence-corrected chi connectivity index (χ1v) is 15.9. The first kappa shape index (κ1) is 29.2. The Labute approximate surface area is 270 Å². The van der Waals surface area contributed by atoms with Gasteiger partial charge in [-0.2, -0.15) is 5.26 Å². The average molecular weight is 633 g/mol. The van der Waals surface area contributed by atoms with Crippen LogP contribution in [0.15, 0.2) is 67.1 Å². The number of aryl methyl sites for hydroxylation is 1. The lowest BCUT2D eigenvalue weighted by atomic mass is 9.86. The van der Waals surface area contributed by atoms with E-state index in [1.54, 1.807) is 37.3 Å². The fourth-order valence-corrected chi connectivity index (χ4v) is 7.61. The molecule has 4 heterocycles. The van der Waals surface area contributed by atoms with Gasteiger partial charge in [0.25, 0.3) is 5.79 Å². The van der Waals surface area contributed by atoms with Crippen LogP contribution < -0.4 is 9.47 Å². The van der Waals surface area contributed by atoms with Gasteiger partial charge in [0.15, 0.2) is 11.5 Å². The highest BCUT2D eigenvalue weighted by Crippen LogP contribution is 2.63. The fraction of sp³-hybridized carbons (Fsp3) is 0.333. The van der Waals surface area contributed by atoms with Crippen molar-refractivity contribution in [3.63, 3.8) is 0 Å². The zero-order valence-corrected chi connectivity index (χ0v) is 26.1. The molecule has 0 radical (unpaired) electrons. The lowest BCUT2D eigenvalue weighted by Crippen LogP contribution is -2.37. The van der Waals surface area contributed by atoms with Gasteiger partial charge in [-0.15, -0.1) is 0 Å². The first-order chi connectivity index (χ1) is 22.7. The summed E-state index contributed by atoms with van der Waals surface area (Å²) < 4.78 is 32.0. The number of hydrogen-bond acceptors (Lipinski definition) is 7.